The molecule has 1 heterocycles. The summed E-state index contributed by atoms with van der Waals surface area (Å²) in [7, 11) is 0. The first-order chi connectivity index (χ1) is 14.0. The average Bonchev–Trinajstić information content (AvgIpc) is 3.13. The summed E-state index contributed by atoms with van der Waals surface area (Å²) in [6.45, 7) is 0. The highest BCUT2D eigenvalue weighted by molar-refractivity contribution is 6.00. The molecule has 0 saturated carbocycles. The van der Waals surface area contributed by atoms with Crippen molar-refractivity contribution in [2.75, 3.05) is 0 Å². The lowest BCUT2D eigenvalue weighted by Crippen LogP contribution is -2.42. The van der Waals surface area contributed by atoms with Crippen molar-refractivity contribution in [3.05, 3.63) is 83.8 Å². The molecule has 0 aliphatic rings. The standard InChI is InChI=1S/C22H16F2N2O3/c23-17-7-8-19-16(10-17)11-18(25-19)12-20(22(28)29-24)26-21(27)15-6-5-13-3-1-2-4-14(13)9-15/h1-11,20,25H,12H2,(H,26,27). The summed E-state index contributed by atoms with van der Waals surface area (Å²) in [5.74, 6) is -2.15. The number of rotatable bonds is 5. The molecule has 146 valence electrons. The highest BCUT2D eigenvalue weighted by Gasteiger charge is 2.25. The molecule has 1 amide bonds. The molecule has 0 saturated heterocycles. The van der Waals surface area contributed by atoms with Crippen molar-refractivity contribution < 1.29 is 23.4 Å². The number of halogens is 2. The van der Waals surface area contributed by atoms with Gasteiger partial charge in [-0.05, 0) is 47.2 Å². The van der Waals surface area contributed by atoms with Gasteiger partial charge in [-0.3, -0.25) is 9.74 Å². The van der Waals surface area contributed by atoms with Crippen molar-refractivity contribution in [3.8, 4) is 0 Å². The van der Waals surface area contributed by atoms with Gasteiger partial charge in [-0.1, -0.05) is 30.3 Å². The lowest BCUT2D eigenvalue weighted by Gasteiger charge is -2.14. The number of aromatic nitrogens is 1. The van der Waals surface area contributed by atoms with Gasteiger partial charge in [-0.25, -0.2) is 9.18 Å². The monoisotopic (exact) mass is 394 g/mol. The third kappa shape index (κ3) is 3.94. The minimum absolute atomic E-state index is 0.0433. The van der Waals surface area contributed by atoms with E-state index in [1.54, 1.807) is 30.3 Å². The second-order valence-corrected chi connectivity index (χ2v) is 6.71. The highest BCUT2D eigenvalue weighted by atomic mass is 19.3. The quantitative estimate of drug-likeness (QED) is 0.532. The second kappa shape index (κ2) is 7.71. The zero-order chi connectivity index (χ0) is 20.4. The molecule has 0 aliphatic carbocycles. The fourth-order valence-electron chi connectivity index (χ4n) is 3.31. The Bertz CT molecular complexity index is 1220. The topological polar surface area (TPSA) is 71.2 Å². The highest BCUT2D eigenvalue weighted by Crippen LogP contribution is 2.19. The number of H-pyrrole nitrogens is 1. The first kappa shape index (κ1) is 18.6. The van der Waals surface area contributed by atoms with Crippen LogP contribution in [0.4, 0.5) is 8.92 Å². The summed E-state index contributed by atoms with van der Waals surface area (Å²) in [6, 6.07) is 17.2. The summed E-state index contributed by atoms with van der Waals surface area (Å²) in [5.41, 5.74) is 1.52. The number of aromatic amines is 1. The van der Waals surface area contributed by atoms with Crippen LogP contribution in [0.5, 0.6) is 0 Å². The fraction of sp³-hybridized carbons (Fsp3) is 0.0909. The van der Waals surface area contributed by atoms with Gasteiger partial charge in [0.2, 0.25) is 0 Å². The zero-order valence-corrected chi connectivity index (χ0v) is 15.1. The van der Waals surface area contributed by atoms with E-state index in [1.807, 2.05) is 24.3 Å². The van der Waals surface area contributed by atoms with E-state index in [9.17, 15) is 18.5 Å². The minimum Gasteiger partial charge on any atom is -0.358 e. The summed E-state index contributed by atoms with van der Waals surface area (Å²) in [4.78, 5) is 30.9. The Kier molecular flexibility index (Phi) is 4.95. The van der Waals surface area contributed by atoms with E-state index in [4.69, 9.17) is 0 Å². The largest absolute Gasteiger partial charge is 0.371 e. The molecular weight excluding hydrogens is 378 g/mol. The third-order valence-electron chi connectivity index (χ3n) is 4.74. The Morgan fingerprint density at radius 2 is 1.76 bits per heavy atom. The molecule has 7 heteroatoms. The zero-order valence-electron chi connectivity index (χ0n) is 15.1. The average molecular weight is 394 g/mol. The van der Waals surface area contributed by atoms with Crippen LogP contribution in [0.25, 0.3) is 21.7 Å². The van der Waals surface area contributed by atoms with Gasteiger partial charge in [-0.15, -0.1) is 0 Å². The molecule has 0 aliphatic heterocycles. The minimum atomic E-state index is -1.25. The summed E-state index contributed by atoms with van der Waals surface area (Å²) < 4.78 is 26.0. The van der Waals surface area contributed by atoms with Crippen LogP contribution in [-0.4, -0.2) is 22.9 Å². The van der Waals surface area contributed by atoms with Gasteiger partial charge in [0.1, 0.15) is 11.9 Å². The molecule has 0 fully saturated rings. The number of hydrogen-bond donors (Lipinski definition) is 2. The van der Waals surface area contributed by atoms with Gasteiger partial charge in [-0.2, -0.15) is 0 Å². The maximum absolute atomic E-state index is 13.4. The predicted octanol–water partition coefficient (Wildman–Crippen LogP) is 4.23. The van der Waals surface area contributed by atoms with Crippen molar-refractivity contribution in [3.63, 3.8) is 0 Å². The molecule has 0 radical (unpaired) electrons. The smallest absolute Gasteiger partial charge is 0.358 e. The van der Waals surface area contributed by atoms with E-state index in [1.165, 1.54) is 12.1 Å². The van der Waals surface area contributed by atoms with Gasteiger partial charge < -0.3 is 10.3 Å². The SMILES string of the molecule is O=C(NC(Cc1cc2cc(F)ccc2[nH]1)C(=O)OF)c1ccc2ccccc2c1. The number of nitrogens with one attached hydrogen (secondary N) is 2. The van der Waals surface area contributed by atoms with Crippen molar-refractivity contribution in [1.29, 1.82) is 0 Å². The molecule has 5 nitrogen and oxygen atoms in total. The number of carbonyl (C=O) groups is 2. The van der Waals surface area contributed by atoms with Crippen LogP contribution in [0.3, 0.4) is 0 Å². The molecule has 1 aromatic heterocycles. The molecule has 0 spiro atoms. The molecule has 4 aromatic rings. The number of fused-ring (bicyclic) bond motifs is 2. The molecule has 4 rings (SSSR count). The maximum atomic E-state index is 13.4. The number of hydrogen-bond acceptors (Lipinski definition) is 3. The van der Waals surface area contributed by atoms with Crippen molar-refractivity contribution in [2.24, 2.45) is 0 Å². The number of amides is 1. The molecular formula is C22H16F2N2O3. The lowest BCUT2D eigenvalue weighted by molar-refractivity contribution is -0.186. The number of carbonyl (C=O) groups excluding carboxylic acids is 2. The second-order valence-electron chi connectivity index (χ2n) is 6.71. The van der Waals surface area contributed by atoms with Crippen molar-refractivity contribution in [1.82, 2.24) is 10.3 Å². The van der Waals surface area contributed by atoms with E-state index >= 15 is 0 Å². The van der Waals surface area contributed by atoms with Gasteiger partial charge in [0, 0.05) is 33.1 Å². The van der Waals surface area contributed by atoms with E-state index in [-0.39, 0.29) is 6.42 Å². The van der Waals surface area contributed by atoms with Crippen LogP contribution < -0.4 is 5.32 Å². The molecule has 3 aromatic carbocycles. The predicted molar refractivity (Wildman–Crippen MR) is 104 cm³/mol. The Labute approximate surface area is 164 Å². The normalized spacial score (nSPS) is 12.1. The van der Waals surface area contributed by atoms with Crippen molar-refractivity contribution in [2.45, 2.75) is 12.5 Å². The Morgan fingerprint density at radius 3 is 2.55 bits per heavy atom. The maximum Gasteiger partial charge on any atom is 0.371 e. The Hall–Kier alpha value is -3.74. The van der Waals surface area contributed by atoms with Gasteiger partial charge in [0.15, 0.2) is 0 Å². The first-order valence-corrected chi connectivity index (χ1v) is 8.93. The van der Waals surface area contributed by atoms with Gasteiger partial charge in [0.25, 0.3) is 5.91 Å². The number of benzene rings is 3. The van der Waals surface area contributed by atoms with Gasteiger partial charge >= 0.3 is 5.97 Å². The van der Waals surface area contributed by atoms with Crippen LogP contribution >= 0.6 is 0 Å². The van der Waals surface area contributed by atoms with E-state index in [2.05, 4.69) is 15.2 Å². The summed E-state index contributed by atoms with van der Waals surface area (Å²) >= 11 is 0. The van der Waals surface area contributed by atoms with Crippen LogP contribution in [0.2, 0.25) is 0 Å². The lowest BCUT2D eigenvalue weighted by atomic mass is 10.1. The van der Waals surface area contributed by atoms with Crippen LogP contribution in [0, 0.1) is 5.82 Å². The van der Waals surface area contributed by atoms with Gasteiger partial charge in [0.05, 0.1) is 0 Å². The fourth-order valence-corrected chi connectivity index (χ4v) is 3.31. The Balaban J connectivity index is 1.56. The first-order valence-electron chi connectivity index (χ1n) is 8.93. The third-order valence-corrected chi connectivity index (χ3v) is 4.74. The van der Waals surface area contributed by atoms with Crippen LogP contribution in [-0.2, 0) is 16.2 Å². The summed E-state index contributed by atoms with van der Waals surface area (Å²) in [5, 5.41) is 4.94. The molecule has 1 atom stereocenters. The van der Waals surface area contributed by atoms with E-state index in [0.717, 1.165) is 10.8 Å². The van der Waals surface area contributed by atoms with E-state index in [0.29, 0.717) is 22.2 Å². The molecule has 1 unspecified atom stereocenters. The molecule has 2 N–H and O–H groups in total. The van der Waals surface area contributed by atoms with Crippen molar-refractivity contribution >= 4 is 33.6 Å². The van der Waals surface area contributed by atoms with Crippen LogP contribution in [0.1, 0.15) is 16.1 Å². The molecule has 29 heavy (non-hydrogen) atoms. The Morgan fingerprint density at radius 1 is 0.966 bits per heavy atom. The van der Waals surface area contributed by atoms with Crippen LogP contribution in [0.15, 0.2) is 66.7 Å². The summed E-state index contributed by atoms with van der Waals surface area (Å²) in [6.07, 6.45) is -0.0433. The van der Waals surface area contributed by atoms with E-state index < -0.39 is 23.7 Å². The molecule has 0 bridgehead atoms.